The van der Waals surface area contributed by atoms with Gasteiger partial charge >= 0.3 is 5.97 Å². The van der Waals surface area contributed by atoms with Crippen LogP contribution in [0.25, 0.3) is 0 Å². The Kier molecular flexibility index (Phi) is 7.04. The molecular weight excluding hydrogens is 482 g/mol. The molecule has 0 aromatic carbocycles. The molecule has 4 rings (SSSR count). The smallest absolute Gasteiger partial charge is 0.353 e. The van der Waals surface area contributed by atoms with Gasteiger partial charge in [0.25, 0.3) is 0 Å². The second kappa shape index (κ2) is 9.41. The highest BCUT2D eigenvalue weighted by Crippen LogP contribution is 2.51. The highest BCUT2D eigenvalue weighted by atomic mass is 32.2. The third kappa shape index (κ3) is 4.72. The summed E-state index contributed by atoms with van der Waals surface area (Å²) in [7, 11) is -1.47. The van der Waals surface area contributed by atoms with Gasteiger partial charge in [0.2, 0.25) is 21.8 Å². The van der Waals surface area contributed by atoms with E-state index in [9.17, 15) is 27.9 Å². The molecular formula is C21H33N5O6S2. The van der Waals surface area contributed by atoms with Crippen molar-refractivity contribution >= 4 is 39.6 Å². The maximum atomic E-state index is 12.9. The normalized spacial score (nSPS) is 33.2. The van der Waals surface area contributed by atoms with E-state index >= 15 is 0 Å². The number of carboxylic acids is 1. The van der Waals surface area contributed by atoms with Crippen molar-refractivity contribution < 1.29 is 27.9 Å². The van der Waals surface area contributed by atoms with Gasteiger partial charge in [0.15, 0.2) is 0 Å². The fourth-order valence-corrected chi connectivity index (χ4v) is 7.82. The molecule has 0 radical (unpaired) electrons. The first-order chi connectivity index (χ1) is 15.9. The first-order valence-electron chi connectivity index (χ1n) is 11.5. The maximum Gasteiger partial charge on any atom is 0.353 e. The molecule has 2 amide bonds. The molecule has 0 aliphatic carbocycles. The van der Waals surface area contributed by atoms with Gasteiger partial charge in [0.1, 0.15) is 5.70 Å². The Morgan fingerprint density at radius 2 is 1.88 bits per heavy atom. The molecule has 4 aliphatic heterocycles. The molecule has 34 heavy (non-hydrogen) atoms. The Balaban J connectivity index is 1.44. The van der Waals surface area contributed by atoms with E-state index in [2.05, 4.69) is 14.9 Å². The molecule has 0 saturated carbocycles. The number of hydrogen-bond donors (Lipinski definition) is 3. The molecule has 11 nitrogen and oxygen atoms in total. The molecule has 0 aromatic heterocycles. The SMILES string of the molecule is C[C@@H](NS(C)(=O)=O)[C@H]1C(=O)N2C(C(=O)O)=C(S[C@@H]3CNC(C(=O)N4CCN(C)CC4)C3)[C@H](C)[C@@H]12. The van der Waals surface area contributed by atoms with Crippen LogP contribution in [0.1, 0.15) is 20.3 Å². The molecule has 0 aromatic rings. The second-order valence-corrected chi connectivity index (χ2v) is 12.9. The van der Waals surface area contributed by atoms with E-state index in [1.54, 1.807) is 6.92 Å². The second-order valence-electron chi connectivity index (χ2n) is 9.77. The quantitative estimate of drug-likeness (QED) is 0.362. The van der Waals surface area contributed by atoms with Gasteiger partial charge < -0.3 is 25.1 Å². The first kappa shape index (κ1) is 25.4. The summed E-state index contributed by atoms with van der Waals surface area (Å²) in [6, 6.07) is -1.33. The monoisotopic (exact) mass is 515 g/mol. The van der Waals surface area contributed by atoms with E-state index in [0.29, 0.717) is 31.0 Å². The summed E-state index contributed by atoms with van der Waals surface area (Å²) >= 11 is 1.43. The van der Waals surface area contributed by atoms with Gasteiger partial charge in [0, 0.05) is 54.8 Å². The van der Waals surface area contributed by atoms with Crippen LogP contribution in [0.15, 0.2) is 10.6 Å². The van der Waals surface area contributed by atoms with E-state index in [1.807, 2.05) is 18.9 Å². The average Bonchev–Trinajstić information content (AvgIpc) is 3.29. The van der Waals surface area contributed by atoms with E-state index < -0.39 is 34.0 Å². The number of nitrogens with zero attached hydrogens (tertiary/aromatic N) is 3. The van der Waals surface area contributed by atoms with E-state index in [1.165, 1.54) is 16.7 Å². The Morgan fingerprint density at radius 3 is 2.47 bits per heavy atom. The number of thioether (sulfide) groups is 1. The van der Waals surface area contributed by atoms with Crippen LogP contribution >= 0.6 is 11.8 Å². The Labute approximate surface area is 204 Å². The molecule has 3 N–H and O–H groups in total. The molecule has 3 saturated heterocycles. The average molecular weight is 516 g/mol. The molecule has 190 valence electrons. The fraction of sp³-hybridized carbons (Fsp3) is 0.762. The van der Waals surface area contributed by atoms with Gasteiger partial charge in [-0.05, 0) is 20.4 Å². The molecule has 0 bridgehead atoms. The van der Waals surface area contributed by atoms with Crippen molar-refractivity contribution in [2.24, 2.45) is 11.8 Å². The zero-order chi connectivity index (χ0) is 24.9. The van der Waals surface area contributed by atoms with Gasteiger partial charge in [0.05, 0.1) is 24.3 Å². The minimum atomic E-state index is -3.51. The van der Waals surface area contributed by atoms with E-state index in [4.69, 9.17) is 0 Å². The van der Waals surface area contributed by atoms with Crippen LogP contribution in [0.4, 0.5) is 0 Å². The van der Waals surface area contributed by atoms with Crippen molar-refractivity contribution in [1.82, 2.24) is 24.7 Å². The van der Waals surface area contributed by atoms with Crippen LogP contribution in [0.2, 0.25) is 0 Å². The number of nitrogens with one attached hydrogen (secondary N) is 2. The first-order valence-corrected chi connectivity index (χ1v) is 14.3. The summed E-state index contributed by atoms with van der Waals surface area (Å²) in [5.41, 5.74) is -0.0100. The topological polar surface area (TPSA) is 139 Å². The van der Waals surface area contributed by atoms with E-state index in [0.717, 1.165) is 19.3 Å². The number of carboxylic acid groups (broad SMARTS) is 1. The number of aliphatic carboxylic acids is 1. The number of sulfonamides is 1. The lowest BCUT2D eigenvalue weighted by atomic mass is 9.78. The summed E-state index contributed by atoms with van der Waals surface area (Å²) in [5.74, 6) is -2.31. The predicted molar refractivity (Wildman–Crippen MR) is 127 cm³/mol. The number of hydrogen-bond acceptors (Lipinski definition) is 8. The lowest BCUT2D eigenvalue weighted by Crippen LogP contribution is -2.66. The van der Waals surface area contributed by atoms with Crippen molar-refractivity contribution in [2.75, 3.05) is 46.0 Å². The van der Waals surface area contributed by atoms with Crippen LogP contribution in [-0.2, 0) is 24.4 Å². The number of carbonyl (C=O) groups excluding carboxylic acids is 2. The van der Waals surface area contributed by atoms with Crippen LogP contribution < -0.4 is 10.0 Å². The van der Waals surface area contributed by atoms with Gasteiger partial charge in [-0.25, -0.2) is 17.9 Å². The van der Waals surface area contributed by atoms with Crippen LogP contribution in [0.3, 0.4) is 0 Å². The van der Waals surface area contributed by atoms with E-state index in [-0.39, 0.29) is 34.7 Å². The van der Waals surface area contributed by atoms with Gasteiger partial charge in [-0.2, -0.15) is 0 Å². The molecule has 4 heterocycles. The van der Waals surface area contributed by atoms with Gasteiger partial charge in [-0.15, -0.1) is 11.8 Å². The Hall–Kier alpha value is -1.67. The van der Waals surface area contributed by atoms with Crippen molar-refractivity contribution in [2.45, 2.75) is 43.6 Å². The summed E-state index contributed by atoms with van der Waals surface area (Å²) in [6.45, 7) is 7.20. The number of rotatable bonds is 7. The molecule has 6 atom stereocenters. The summed E-state index contributed by atoms with van der Waals surface area (Å²) < 4.78 is 25.8. The fourth-order valence-electron chi connectivity index (χ4n) is 5.52. The lowest BCUT2D eigenvalue weighted by Gasteiger charge is -2.47. The molecule has 1 unspecified atom stereocenters. The Morgan fingerprint density at radius 1 is 1.24 bits per heavy atom. The zero-order valence-corrected chi connectivity index (χ0v) is 21.5. The Bertz CT molecular complexity index is 1010. The van der Waals surface area contributed by atoms with Crippen LogP contribution in [0.5, 0.6) is 0 Å². The largest absolute Gasteiger partial charge is 0.477 e. The predicted octanol–water partition coefficient (Wildman–Crippen LogP) is -1.07. The number of likely N-dealkylation sites (N-methyl/N-ethyl adjacent to an activating group) is 1. The van der Waals surface area contributed by atoms with Crippen molar-refractivity contribution in [3.05, 3.63) is 10.6 Å². The standard InChI is InChI=1S/C21H33N5O6S2/c1-11-16-15(12(2)23-34(4,31)32)20(28)26(16)17(21(29)30)18(11)33-13-9-14(22-10-13)19(27)25-7-5-24(3)6-8-25/h11-16,22-23H,5-10H2,1-4H3,(H,29,30)/t11-,12-,13+,14?,15-,16+/m1/s1. The third-order valence-electron chi connectivity index (χ3n) is 7.23. The molecule has 0 spiro atoms. The highest BCUT2D eigenvalue weighted by Gasteiger charge is 2.60. The van der Waals surface area contributed by atoms with Crippen LogP contribution in [0, 0.1) is 11.8 Å². The van der Waals surface area contributed by atoms with Crippen LogP contribution in [-0.4, -0.2) is 115 Å². The molecule has 13 heteroatoms. The number of carbonyl (C=O) groups is 3. The number of piperazine rings is 1. The van der Waals surface area contributed by atoms with Crippen molar-refractivity contribution in [3.63, 3.8) is 0 Å². The van der Waals surface area contributed by atoms with Gasteiger partial charge in [-0.3, -0.25) is 9.59 Å². The maximum absolute atomic E-state index is 12.9. The molecule has 3 fully saturated rings. The minimum absolute atomic E-state index is 0.00651. The van der Waals surface area contributed by atoms with Gasteiger partial charge in [-0.1, -0.05) is 6.92 Å². The molecule has 4 aliphatic rings. The number of β-lactam (4-membered cyclic amide) rings is 1. The lowest BCUT2D eigenvalue weighted by molar-refractivity contribution is -0.157. The summed E-state index contributed by atoms with van der Waals surface area (Å²) in [4.78, 5) is 43.9. The summed E-state index contributed by atoms with van der Waals surface area (Å²) in [5, 5.41) is 13.2. The minimum Gasteiger partial charge on any atom is -0.477 e. The number of amides is 2. The zero-order valence-electron chi connectivity index (χ0n) is 19.9. The highest BCUT2D eigenvalue weighted by molar-refractivity contribution is 8.03. The number of fused-ring (bicyclic) bond motifs is 1. The van der Waals surface area contributed by atoms with Crippen molar-refractivity contribution in [3.8, 4) is 0 Å². The summed E-state index contributed by atoms with van der Waals surface area (Å²) in [6.07, 6.45) is 1.63. The third-order valence-corrected chi connectivity index (χ3v) is 9.54. The van der Waals surface area contributed by atoms with Crippen molar-refractivity contribution in [1.29, 1.82) is 0 Å².